The van der Waals surface area contributed by atoms with Gasteiger partial charge in [-0.15, -0.1) is 0 Å². The number of nitrogens with one attached hydrogen (secondary N) is 1. The van der Waals surface area contributed by atoms with E-state index in [1.165, 1.54) is 11.1 Å². The quantitative estimate of drug-likeness (QED) is 0.286. The minimum absolute atomic E-state index is 0.0468. The molecule has 0 aliphatic heterocycles. The first-order chi connectivity index (χ1) is 17.0. The first-order valence-corrected chi connectivity index (χ1v) is 12.5. The fraction of sp³-hybridized carbons (Fsp3) is 0.333. The second-order valence-corrected chi connectivity index (χ2v) is 9.13. The van der Waals surface area contributed by atoms with Crippen LogP contribution in [-0.2, 0) is 24.2 Å². The van der Waals surface area contributed by atoms with Crippen LogP contribution in [0.15, 0.2) is 66.7 Å². The van der Waals surface area contributed by atoms with Crippen molar-refractivity contribution in [1.29, 1.82) is 0 Å². The van der Waals surface area contributed by atoms with Gasteiger partial charge in [0.1, 0.15) is 11.6 Å². The molecule has 0 aliphatic rings. The zero-order valence-electron chi connectivity index (χ0n) is 21.0. The Morgan fingerprint density at radius 1 is 0.914 bits per heavy atom. The number of carbonyl (C=O) groups excluding carboxylic acids is 1. The normalized spacial score (nSPS) is 11.1. The number of unbranched alkanes of at least 4 members (excludes halogenated alkanes) is 1. The number of rotatable bonds is 11. The molecule has 1 aromatic heterocycles. The lowest BCUT2D eigenvalue weighted by atomic mass is 10.1. The Morgan fingerprint density at radius 3 is 2.54 bits per heavy atom. The van der Waals surface area contributed by atoms with Gasteiger partial charge in [0.05, 0.1) is 24.1 Å². The molecule has 5 heteroatoms. The molecule has 1 heterocycles. The molecular formula is C30H35N3O2. The van der Waals surface area contributed by atoms with Crippen LogP contribution in [0, 0.1) is 20.8 Å². The Morgan fingerprint density at radius 2 is 1.69 bits per heavy atom. The van der Waals surface area contributed by atoms with Crippen LogP contribution in [-0.4, -0.2) is 28.6 Å². The molecule has 0 spiro atoms. The summed E-state index contributed by atoms with van der Waals surface area (Å²) in [5, 5.41) is 3.07. The predicted octanol–water partition coefficient (Wildman–Crippen LogP) is 5.72. The van der Waals surface area contributed by atoms with Crippen molar-refractivity contribution in [2.24, 2.45) is 0 Å². The predicted molar refractivity (Wildman–Crippen MR) is 142 cm³/mol. The Bertz CT molecular complexity index is 1290. The molecule has 0 fully saturated rings. The number of amides is 1. The monoisotopic (exact) mass is 469 g/mol. The molecule has 0 saturated heterocycles. The van der Waals surface area contributed by atoms with Gasteiger partial charge in [0.2, 0.25) is 5.91 Å². The zero-order chi connectivity index (χ0) is 24.6. The lowest BCUT2D eigenvalue weighted by molar-refractivity contribution is -0.120. The first-order valence-electron chi connectivity index (χ1n) is 12.5. The number of fused-ring (bicyclic) bond motifs is 1. The largest absolute Gasteiger partial charge is 0.493 e. The number of benzene rings is 3. The maximum absolute atomic E-state index is 12.5. The number of imidazole rings is 1. The molecule has 182 valence electrons. The van der Waals surface area contributed by atoms with Crippen molar-refractivity contribution in [3.63, 3.8) is 0 Å². The summed E-state index contributed by atoms with van der Waals surface area (Å²) in [4.78, 5) is 17.3. The highest BCUT2D eigenvalue weighted by Gasteiger charge is 2.12. The van der Waals surface area contributed by atoms with Gasteiger partial charge in [0, 0.05) is 19.5 Å². The van der Waals surface area contributed by atoms with Gasteiger partial charge in [-0.3, -0.25) is 4.79 Å². The summed E-state index contributed by atoms with van der Waals surface area (Å²) in [6.07, 6.45) is 3.07. The Hall–Kier alpha value is -3.60. The van der Waals surface area contributed by atoms with E-state index in [0.717, 1.165) is 53.1 Å². The maximum atomic E-state index is 12.5. The zero-order valence-corrected chi connectivity index (χ0v) is 21.0. The highest BCUT2D eigenvalue weighted by atomic mass is 16.5. The van der Waals surface area contributed by atoms with Crippen molar-refractivity contribution in [3.05, 3.63) is 94.8 Å². The van der Waals surface area contributed by atoms with Gasteiger partial charge in [-0.2, -0.15) is 0 Å². The van der Waals surface area contributed by atoms with Gasteiger partial charge in [-0.1, -0.05) is 48.5 Å². The van der Waals surface area contributed by atoms with Gasteiger partial charge in [0.25, 0.3) is 0 Å². The van der Waals surface area contributed by atoms with E-state index in [4.69, 9.17) is 9.72 Å². The van der Waals surface area contributed by atoms with Gasteiger partial charge < -0.3 is 14.6 Å². The molecule has 0 radical (unpaired) electrons. The fourth-order valence-corrected chi connectivity index (χ4v) is 4.36. The first kappa shape index (κ1) is 24.5. The molecule has 0 bridgehead atoms. The van der Waals surface area contributed by atoms with Crippen LogP contribution in [0.4, 0.5) is 0 Å². The lowest BCUT2D eigenvalue weighted by Crippen LogP contribution is -2.28. The fourth-order valence-electron chi connectivity index (χ4n) is 4.36. The molecule has 0 unspecified atom stereocenters. The van der Waals surface area contributed by atoms with Crippen molar-refractivity contribution in [3.8, 4) is 5.75 Å². The molecular weight excluding hydrogens is 434 g/mol. The Balaban J connectivity index is 1.31. The Labute approximate surface area is 208 Å². The van der Waals surface area contributed by atoms with Crippen LogP contribution in [0.3, 0.4) is 0 Å². The van der Waals surface area contributed by atoms with Gasteiger partial charge in [-0.05, 0) is 74.1 Å². The second-order valence-electron chi connectivity index (χ2n) is 9.13. The molecule has 3 aromatic carbocycles. The van der Waals surface area contributed by atoms with Crippen molar-refractivity contribution >= 4 is 16.9 Å². The summed E-state index contributed by atoms with van der Waals surface area (Å²) < 4.78 is 8.32. The standard InChI is InChI=1S/C30H35N3O2/c1-22-12-10-16-28(24(22)3)35-20-9-8-19-33-27-15-7-6-14-26(27)32-29(33)17-18-31-30(34)21-25-13-5-4-11-23(25)2/h4-7,10-16H,8-9,17-21H2,1-3H3,(H,31,34). The molecule has 0 saturated carbocycles. The van der Waals surface area contributed by atoms with Crippen LogP contribution in [0.25, 0.3) is 11.0 Å². The van der Waals surface area contributed by atoms with Crippen molar-refractivity contribution in [2.45, 2.75) is 53.0 Å². The van der Waals surface area contributed by atoms with Crippen molar-refractivity contribution in [1.82, 2.24) is 14.9 Å². The molecule has 35 heavy (non-hydrogen) atoms. The third-order valence-electron chi connectivity index (χ3n) is 6.61. The molecule has 4 aromatic rings. The van der Waals surface area contributed by atoms with Gasteiger partial charge in [-0.25, -0.2) is 4.98 Å². The summed E-state index contributed by atoms with van der Waals surface area (Å²) in [7, 11) is 0. The molecule has 1 N–H and O–H groups in total. The molecule has 0 atom stereocenters. The Kier molecular flexibility index (Phi) is 8.19. The van der Waals surface area contributed by atoms with Crippen LogP contribution in [0.5, 0.6) is 5.75 Å². The van der Waals surface area contributed by atoms with E-state index >= 15 is 0 Å². The van der Waals surface area contributed by atoms with Gasteiger partial charge >= 0.3 is 0 Å². The van der Waals surface area contributed by atoms with E-state index in [0.29, 0.717) is 26.0 Å². The number of hydrogen-bond donors (Lipinski definition) is 1. The average molecular weight is 470 g/mol. The van der Waals surface area contributed by atoms with Crippen molar-refractivity contribution in [2.75, 3.05) is 13.2 Å². The topological polar surface area (TPSA) is 56.2 Å². The van der Waals surface area contributed by atoms with Gasteiger partial charge in [0.15, 0.2) is 0 Å². The van der Waals surface area contributed by atoms with E-state index in [1.54, 1.807) is 0 Å². The highest BCUT2D eigenvalue weighted by molar-refractivity contribution is 5.79. The molecule has 1 amide bonds. The van der Waals surface area contributed by atoms with Crippen molar-refractivity contribution < 1.29 is 9.53 Å². The van der Waals surface area contributed by atoms with E-state index in [2.05, 4.69) is 48.0 Å². The third-order valence-corrected chi connectivity index (χ3v) is 6.61. The minimum Gasteiger partial charge on any atom is -0.493 e. The molecule has 0 aliphatic carbocycles. The van der Waals surface area contributed by atoms with Crippen LogP contribution in [0.2, 0.25) is 0 Å². The number of nitrogens with zero attached hydrogens (tertiary/aromatic N) is 2. The number of carbonyl (C=O) groups is 1. The van der Waals surface area contributed by atoms with E-state index < -0.39 is 0 Å². The van der Waals surface area contributed by atoms with E-state index in [9.17, 15) is 4.79 Å². The van der Waals surface area contributed by atoms with Crippen LogP contribution in [0.1, 0.15) is 40.9 Å². The third kappa shape index (κ3) is 6.30. The molecule has 4 rings (SSSR count). The SMILES string of the molecule is Cc1ccccc1CC(=O)NCCc1nc2ccccc2n1CCCCOc1cccc(C)c1C. The van der Waals surface area contributed by atoms with Crippen LogP contribution >= 0.6 is 0 Å². The summed E-state index contributed by atoms with van der Waals surface area (Å²) in [5.74, 6) is 2.03. The smallest absolute Gasteiger partial charge is 0.224 e. The summed E-state index contributed by atoms with van der Waals surface area (Å²) in [5.41, 5.74) is 6.82. The highest BCUT2D eigenvalue weighted by Crippen LogP contribution is 2.21. The number of aryl methyl sites for hydroxylation is 3. The van der Waals surface area contributed by atoms with E-state index in [-0.39, 0.29) is 5.91 Å². The number of para-hydroxylation sites is 2. The number of ether oxygens (including phenoxy) is 1. The average Bonchev–Trinajstić information content (AvgIpc) is 3.20. The summed E-state index contributed by atoms with van der Waals surface area (Å²) in [6.45, 7) is 8.40. The maximum Gasteiger partial charge on any atom is 0.224 e. The summed E-state index contributed by atoms with van der Waals surface area (Å²) >= 11 is 0. The number of hydrogen-bond acceptors (Lipinski definition) is 3. The number of aromatic nitrogens is 2. The minimum atomic E-state index is 0.0468. The second kappa shape index (κ2) is 11.7. The van der Waals surface area contributed by atoms with E-state index in [1.807, 2.05) is 49.4 Å². The summed E-state index contributed by atoms with van der Waals surface area (Å²) in [6, 6.07) is 22.5. The molecule has 5 nitrogen and oxygen atoms in total. The van der Waals surface area contributed by atoms with Crippen LogP contribution < -0.4 is 10.1 Å². The lowest BCUT2D eigenvalue weighted by Gasteiger charge is -2.12.